The van der Waals surface area contributed by atoms with E-state index in [4.69, 9.17) is 0 Å². The molecule has 1 N–H and O–H groups in total. The number of anilines is 1. The molecule has 0 aliphatic heterocycles. The summed E-state index contributed by atoms with van der Waals surface area (Å²) in [6.07, 6.45) is 5.26. The number of aryl methyl sites for hydroxylation is 1. The minimum atomic E-state index is -0.0171. The molecule has 0 atom stereocenters. The third-order valence-corrected chi connectivity index (χ3v) is 6.00. The van der Waals surface area contributed by atoms with Crippen LogP contribution in [0.15, 0.2) is 30.7 Å². The molecule has 7 heteroatoms. The number of fused-ring (bicyclic) bond motifs is 1. The summed E-state index contributed by atoms with van der Waals surface area (Å²) in [6, 6.07) is 3.83. The van der Waals surface area contributed by atoms with Crippen molar-refractivity contribution in [3.63, 3.8) is 0 Å². The number of pyridine rings is 2. The van der Waals surface area contributed by atoms with Gasteiger partial charge in [0.05, 0.1) is 17.9 Å². The highest BCUT2D eigenvalue weighted by Gasteiger charge is 2.68. The van der Waals surface area contributed by atoms with Crippen LogP contribution in [0, 0.1) is 16.7 Å². The van der Waals surface area contributed by atoms with Crippen molar-refractivity contribution in [2.75, 3.05) is 5.32 Å². The second-order valence-corrected chi connectivity index (χ2v) is 8.13. The van der Waals surface area contributed by atoms with Gasteiger partial charge in [-0.3, -0.25) is 14.5 Å². The van der Waals surface area contributed by atoms with E-state index >= 15 is 0 Å². The van der Waals surface area contributed by atoms with Crippen molar-refractivity contribution in [1.82, 2.24) is 25.0 Å². The minimum absolute atomic E-state index is 0.00532. The molecule has 0 bridgehead atoms. The summed E-state index contributed by atoms with van der Waals surface area (Å²) in [5.74, 6) is 0.542. The zero-order valence-corrected chi connectivity index (χ0v) is 15.6. The van der Waals surface area contributed by atoms with Crippen LogP contribution < -0.4 is 5.32 Å². The largest absolute Gasteiger partial charge is 0.310 e. The van der Waals surface area contributed by atoms with Gasteiger partial charge in [-0.1, -0.05) is 32.9 Å². The fourth-order valence-corrected chi connectivity index (χ4v) is 3.77. The van der Waals surface area contributed by atoms with E-state index in [2.05, 4.69) is 53.3 Å². The molecular weight excluding hydrogens is 328 g/mol. The van der Waals surface area contributed by atoms with E-state index in [1.54, 1.807) is 17.1 Å². The van der Waals surface area contributed by atoms with Crippen LogP contribution in [0.1, 0.15) is 27.7 Å². The quantitative estimate of drug-likeness (QED) is 0.785. The summed E-state index contributed by atoms with van der Waals surface area (Å²) in [5, 5.41) is 11.9. The first-order valence-corrected chi connectivity index (χ1v) is 8.63. The van der Waals surface area contributed by atoms with E-state index in [0.29, 0.717) is 5.82 Å². The molecular formula is C19H22N6O. The van der Waals surface area contributed by atoms with E-state index in [0.717, 1.165) is 22.2 Å². The predicted molar refractivity (Wildman–Crippen MR) is 99.2 cm³/mol. The monoisotopic (exact) mass is 350 g/mol. The van der Waals surface area contributed by atoms with Gasteiger partial charge >= 0.3 is 0 Å². The molecule has 4 rings (SSSR count). The van der Waals surface area contributed by atoms with Crippen LogP contribution in [0.2, 0.25) is 0 Å². The normalized spacial score (nSPS) is 18.0. The predicted octanol–water partition coefficient (Wildman–Crippen LogP) is 3.05. The van der Waals surface area contributed by atoms with Gasteiger partial charge in [0.1, 0.15) is 11.5 Å². The van der Waals surface area contributed by atoms with Gasteiger partial charge in [0.25, 0.3) is 0 Å². The van der Waals surface area contributed by atoms with Crippen LogP contribution in [0.5, 0.6) is 0 Å². The Kier molecular flexibility index (Phi) is 3.41. The molecule has 0 saturated heterocycles. The Morgan fingerprint density at radius 1 is 1.12 bits per heavy atom. The van der Waals surface area contributed by atoms with Gasteiger partial charge in [-0.2, -0.15) is 0 Å². The molecule has 1 amide bonds. The van der Waals surface area contributed by atoms with Crippen LogP contribution >= 0.6 is 0 Å². The van der Waals surface area contributed by atoms with Gasteiger partial charge in [-0.05, 0) is 23.0 Å². The maximum atomic E-state index is 12.6. The molecule has 1 fully saturated rings. The number of rotatable bonds is 3. The molecule has 7 nitrogen and oxygen atoms in total. The van der Waals surface area contributed by atoms with Crippen molar-refractivity contribution < 1.29 is 4.79 Å². The lowest BCUT2D eigenvalue weighted by Crippen LogP contribution is -2.18. The van der Waals surface area contributed by atoms with Gasteiger partial charge in [-0.15, -0.1) is 5.10 Å². The highest BCUT2D eigenvalue weighted by atomic mass is 16.2. The number of nitrogens with one attached hydrogen (secondary N) is 1. The van der Waals surface area contributed by atoms with Gasteiger partial charge in [0.2, 0.25) is 5.91 Å². The first-order chi connectivity index (χ1) is 12.2. The van der Waals surface area contributed by atoms with Gasteiger partial charge in [0.15, 0.2) is 0 Å². The average Bonchev–Trinajstić information content (AvgIpc) is 2.87. The van der Waals surface area contributed by atoms with Crippen LogP contribution in [0.3, 0.4) is 0 Å². The molecule has 0 unspecified atom stereocenters. The van der Waals surface area contributed by atoms with Gasteiger partial charge in [0, 0.05) is 30.1 Å². The Morgan fingerprint density at radius 2 is 1.85 bits per heavy atom. The summed E-state index contributed by atoms with van der Waals surface area (Å²) in [7, 11) is 1.82. The van der Waals surface area contributed by atoms with Crippen LogP contribution in [0.25, 0.3) is 22.2 Å². The third-order valence-electron chi connectivity index (χ3n) is 6.00. The van der Waals surface area contributed by atoms with Crippen molar-refractivity contribution in [1.29, 1.82) is 0 Å². The molecule has 3 aromatic heterocycles. The summed E-state index contributed by atoms with van der Waals surface area (Å²) >= 11 is 0. The molecule has 26 heavy (non-hydrogen) atoms. The number of hydrogen-bond donors (Lipinski definition) is 1. The third kappa shape index (κ3) is 2.46. The van der Waals surface area contributed by atoms with Crippen LogP contribution in [0.4, 0.5) is 5.82 Å². The highest BCUT2D eigenvalue weighted by Crippen LogP contribution is 2.68. The van der Waals surface area contributed by atoms with E-state index in [1.807, 2.05) is 25.4 Å². The average molecular weight is 350 g/mol. The number of hydrogen-bond acceptors (Lipinski definition) is 5. The summed E-state index contributed by atoms with van der Waals surface area (Å²) < 4.78 is 1.65. The Morgan fingerprint density at radius 3 is 2.46 bits per heavy atom. The molecule has 1 saturated carbocycles. The Bertz CT molecular complexity index is 1010. The Balaban J connectivity index is 1.62. The van der Waals surface area contributed by atoms with Crippen LogP contribution in [-0.2, 0) is 11.8 Å². The Hall–Kier alpha value is -2.83. The van der Waals surface area contributed by atoms with Crippen molar-refractivity contribution >= 4 is 22.6 Å². The van der Waals surface area contributed by atoms with Gasteiger partial charge in [-0.25, -0.2) is 4.98 Å². The fraction of sp³-hybridized carbons (Fsp3) is 0.421. The molecule has 3 heterocycles. The standard InChI is InChI=1S/C19H22N6O/c1-18(2)16(19(18,3)4)17(26)22-15-7-11-6-12(8-20-13(11)9-21-15)14-10-25(5)24-23-14/h6-10,16H,1-5H3,(H,21,22,26). The maximum absolute atomic E-state index is 12.6. The molecule has 0 aromatic carbocycles. The summed E-state index contributed by atoms with van der Waals surface area (Å²) in [4.78, 5) is 21.4. The van der Waals surface area contributed by atoms with Gasteiger partial charge < -0.3 is 5.32 Å². The van der Waals surface area contributed by atoms with E-state index in [9.17, 15) is 4.79 Å². The molecule has 3 aromatic rings. The highest BCUT2D eigenvalue weighted by molar-refractivity contribution is 5.97. The lowest BCUT2D eigenvalue weighted by Gasteiger charge is -2.07. The van der Waals surface area contributed by atoms with E-state index in [-0.39, 0.29) is 22.7 Å². The zero-order valence-electron chi connectivity index (χ0n) is 15.6. The van der Waals surface area contributed by atoms with Crippen molar-refractivity contribution in [2.24, 2.45) is 23.8 Å². The fourth-order valence-electron chi connectivity index (χ4n) is 3.77. The minimum Gasteiger partial charge on any atom is -0.310 e. The smallest absolute Gasteiger partial charge is 0.229 e. The molecule has 0 radical (unpaired) electrons. The van der Waals surface area contributed by atoms with E-state index < -0.39 is 0 Å². The number of nitrogens with zero attached hydrogens (tertiary/aromatic N) is 5. The SMILES string of the molecule is Cn1cc(-c2cnc3cnc(NC(=O)C4C(C)(C)C4(C)C)cc3c2)nn1. The van der Waals surface area contributed by atoms with Crippen molar-refractivity contribution in [3.05, 3.63) is 30.7 Å². The second-order valence-electron chi connectivity index (χ2n) is 8.13. The van der Waals surface area contributed by atoms with E-state index in [1.165, 1.54) is 0 Å². The second kappa shape index (κ2) is 5.33. The lowest BCUT2D eigenvalue weighted by molar-refractivity contribution is -0.118. The molecule has 0 spiro atoms. The van der Waals surface area contributed by atoms with Crippen molar-refractivity contribution in [2.45, 2.75) is 27.7 Å². The molecule has 134 valence electrons. The van der Waals surface area contributed by atoms with Crippen LogP contribution in [-0.4, -0.2) is 30.9 Å². The number of aromatic nitrogens is 5. The molecule has 1 aliphatic rings. The number of carbonyl (C=O) groups is 1. The zero-order chi connectivity index (χ0) is 18.7. The van der Waals surface area contributed by atoms with Crippen molar-refractivity contribution in [3.8, 4) is 11.3 Å². The topological polar surface area (TPSA) is 85.6 Å². The summed E-state index contributed by atoms with van der Waals surface area (Å²) in [6.45, 7) is 8.51. The lowest BCUT2D eigenvalue weighted by atomic mass is 10.0. The first-order valence-electron chi connectivity index (χ1n) is 8.63. The first kappa shape index (κ1) is 16.6. The number of carbonyl (C=O) groups excluding carboxylic acids is 1. The Labute approximate surface area is 151 Å². The number of amides is 1. The molecule has 1 aliphatic carbocycles. The summed E-state index contributed by atoms with van der Waals surface area (Å²) in [5.41, 5.74) is 2.38. The maximum Gasteiger partial charge on any atom is 0.229 e.